The van der Waals surface area contributed by atoms with Gasteiger partial charge in [-0.25, -0.2) is 0 Å². The summed E-state index contributed by atoms with van der Waals surface area (Å²) in [7, 11) is 0. The molecule has 0 radical (unpaired) electrons. The predicted molar refractivity (Wildman–Crippen MR) is 62.4 cm³/mol. The van der Waals surface area contributed by atoms with E-state index in [1.807, 2.05) is 11.3 Å². The first-order valence-corrected chi connectivity index (χ1v) is 6.72. The van der Waals surface area contributed by atoms with E-state index >= 15 is 0 Å². The lowest BCUT2D eigenvalue weighted by Gasteiger charge is -2.27. The van der Waals surface area contributed by atoms with Crippen LogP contribution in [0.4, 0.5) is 0 Å². The molecule has 2 nitrogen and oxygen atoms in total. The Morgan fingerprint density at radius 1 is 1.40 bits per heavy atom. The largest absolute Gasteiger partial charge is 0.371 e. The molecule has 15 heavy (non-hydrogen) atoms. The molecular formula is C12H17NOS. The zero-order valence-corrected chi connectivity index (χ0v) is 9.76. The molecule has 1 aromatic rings. The summed E-state index contributed by atoms with van der Waals surface area (Å²) in [5, 5.41) is 2.20. The summed E-state index contributed by atoms with van der Waals surface area (Å²) in [6.07, 6.45) is 4.19. The van der Waals surface area contributed by atoms with E-state index in [0.717, 1.165) is 19.6 Å². The first kappa shape index (κ1) is 9.82. The van der Waals surface area contributed by atoms with Gasteiger partial charge in [0.1, 0.15) is 6.10 Å². The van der Waals surface area contributed by atoms with E-state index in [9.17, 15) is 0 Å². The summed E-state index contributed by atoms with van der Waals surface area (Å²) in [5.74, 6) is 0. The van der Waals surface area contributed by atoms with Crippen LogP contribution in [0.1, 0.15) is 29.4 Å². The van der Waals surface area contributed by atoms with Crippen molar-refractivity contribution in [1.82, 2.24) is 4.90 Å². The Balaban J connectivity index is 1.72. The zero-order chi connectivity index (χ0) is 10.1. The van der Waals surface area contributed by atoms with Gasteiger partial charge < -0.3 is 9.64 Å². The summed E-state index contributed by atoms with van der Waals surface area (Å²) in [6.45, 7) is 4.54. The Kier molecular flexibility index (Phi) is 2.77. The molecule has 1 unspecified atom stereocenters. The number of rotatable bonds is 2. The molecule has 0 spiro atoms. The van der Waals surface area contributed by atoms with Crippen molar-refractivity contribution in [2.24, 2.45) is 0 Å². The van der Waals surface area contributed by atoms with Gasteiger partial charge in [0.15, 0.2) is 0 Å². The molecule has 0 aromatic carbocycles. The molecule has 0 N–H and O–H groups in total. The lowest BCUT2D eigenvalue weighted by molar-refractivity contribution is 0.0234. The second-order valence-corrected chi connectivity index (χ2v) is 5.37. The van der Waals surface area contributed by atoms with E-state index in [0.29, 0.717) is 6.10 Å². The van der Waals surface area contributed by atoms with Crippen LogP contribution in [0.5, 0.6) is 0 Å². The van der Waals surface area contributed by atoms with Crippen LogP contribution in [-0.4, -0.2) is 31.1 Å². The zero-order valence-electron chi connectivity index (χ0n) is 8.95. The summed E-state index contributed by atoms with van der Waals surface area (Å²) in [6, 6.07) is 2.26. The first-order chi connectivity index (χ1) is 7.43. The summed E-state index contributed by atoms with van der Waals surface area (Å²) >= 11 is 1.87. The molecule has 0 aliphatic carbocycles. The van der Waals surface area contributed by atoms with Crippen molar-refractivity contribution in [2.45, 2.75) is 25.4 Å². The Bertz CT molecular complexity index is 330. The average molecular weight is 223 g/mol. The fraction of sp³-hybridized carbons (Fsp3) is 0.667. The van der Waals surface area contributed by atoms with E-state index in [1.54, 1.807) is 0 Å². The van der Waals surface area contributed by atoms with E-state index < -0.39 is 0 Å². The topological polar surface area (TPSA) is 12.5 Å². The standard InChI is InChI=1S/C12H17NOS/c1-2-6-13(5-1)9-11-12-10(3-7-14-11)4-8-15-12/h4,8,11H,1-3,5-7,9H2. The SMILES string of the molecule is c1cc2c(s1)C(CN1CCCC1)OCC2. The van der Waals surface area contributed by atoms with Gasteiger partial charge in [0.2, 0.25) is 0 Å². The van der Waals surface area contributed by atoms with Crippen molar-refractivity contribution in [1.29, 1.82) is 0 Å². The minimum atomic E-state index is 0.354. The maximum absolute atomic E-state index is 5.89. The van der Waals surface area contributed by atoms with Crippen LogP contribution in [0, 0.1) is 0 Å². The van der Waals surface area contributed by atoms with Gasteiger partial charge in [0, 0.05) is 11.4 Å². The molecule has 0 bridgehead atoms. The second kappa shape index (κ2) is 4.24. The molecule has 3 heterocycles. The van der Waals surface area contributed by atoms with Crippen LogP contribution in [0.15, 0.2) is 11.4 Å². The van der Waals surface area contributed by atoms with Gasteiger partial charge in [-0.2, -0.15) is 0 Å². The third-order valence-electron chi connectivity index (χ3n) is 3.39. The quantitative estimate of drug-likeness (QED) is 0.763. The fourth-order valence-electron chi connectivity index (χ4n) is 2.56. The number of likely N-dealkylation sites (tertiary alicyclic amines) is 1. The van der Waals surface area contributed by atoms with Crippen LogP contribution in [0.25, 0.3) is 0 Å². The maximum Gasteiger partial charge on any atom is 0.105 e. The Hall–Kier alpha value is -0.380. The number of nitrogens with zero attached hydrogens (tertiary/aromatic N) is 1. The smallest absolute Gasteiger partial charge is 0.105 e. The summed E-state index contributed by atoms with van der Waals surface area (Å²) < 4.78 is 5.89. The van der Waals surface area contributed by atoms with E-state index in [1.165, 1.54) is 36.4 Å². The van der Waals surface area contributed by atoms with Crippen LogP contribution in [0.2, 0.25) is 0 Å². The lowest BCUT2D eigenvalue weighted by atomic mass is 10.1. The van der Waals surface area contributed by atoms with Gasteiger partial charge >= 0.3 is 0 Å². The minimum Gasteiger partial charge on any atom is -0.371 e. The highest BCUT2D eigenvalue weighted by Crippen LogP contribution is 2.32. The number of hydrogen-bond donors (Lipinski definition) is 0. The normalized spacial score (nSPS) is 26.8. The van der Waals surface area contributed by atoms with E-state index in [4.69, 9.17) is 4.74 Å². The van der Waals surface area contributed by atoms with Gasteiger partial charge in [0.05, 0.1) is 6.61 Å². The molecule has 1 atom stereocenters. The van der Waals surface area contributed by atoms with Gasteiger partial charge in [-0.05, 0) is 49.4 Å². The van der Waals surface area contributed by atoms with Crippen molar-refractivity contribution in [3.63, 3.8) is 0 Å². The summed E-state index contributed by atoms with van der Waals surface area (Å²) in [4.78, 5) is 4.02. The number of hydrogen-bond acceptors (Lipinski definition) is 3. The summed E-state index contributed by atoms with van der Waals surface area (Å²) in [5.41, 5.74) is 1.52. The van der Waals surface area contributed by atoms with Crippen molar-refractivity contribution in [3.8, 4) is 0 Å². The second-order valence-electron chi connectivity index (χ2n) is 4.43. The Morgan fingerprint density at radius 2 is 2.27 bits per heavy atom. The highest BCUT2D eigenvalue weighted by atomic mass is 32.1. The van der Waals surface area contributed by atoms with Crippen LogP contribution in [-0.2, 0) is 11.2 Å². The van der Waals surface area contributed by atoms with Crippen molar-refractivity contribution in [3.05, 3.63) is 21.9 Å². The van der Waals surface area contributed by atoms with Gasteiger partial charge in [0.25, 0.3) is 0 Å². The van der Waals surface area contributed by atoms with Crippen molar-refractivity contribution >= 4 is 11.3 Å². The molecule has 3 heteroatoms. The Morgan fingerprint density at radius 3 is 3.13 bits per heavy atom. The van der Waals surface area contributed by atoms with Crippen LogP contribution < -0.4 is 0 Å². The highest BCUT2D eigenvalue weighted by molar-refractivity contribution is 7.10. The monoisotopic (exact) mass is 223 g/mol. The van der Waals surface area contributed by atoms with E-state index in [2.05, 4.69) is 16.3 Å². The van der Waals surface area contributed by atoms with Crippen LogP contribution in [0.3, 0.4) is 0 Å². The predicted octanol–water partition coefficient (Wildman–Crippen LogP) is 2.46. The van der Waals surface area contributed by atoms with E-state index in [-0.39, 0.29) is 0 Å². The molecule has 1 fully saturated rings. The third-order valence-corrected chi connectivity index (χ3v) is 4.44. The minimum absolute atomic E-state index is 0.354. The molecule has 2 aliphatic rings. The number of thiophene rings is 1. The lowest BCUT2D eigenvalue weighted by Crippen LogP contribution is -2.29. The molecule has 1 saturated heterocycles. The molecule has 0 saturated carbocycles. The molecule has 2 aliphatic heterocycles. The molecule has 1 aromatic heterocycles. The highest BCUT2D eigenvalue weighted by Gasteiger charge is 2.25. The van der Waals surface area contributed by atoms with Crippen molar-refractivity contribution in [2.75, 3.05) is 26.2 Å². The number of ether oxygens (including phenoxy) is 1. The molecule has 82 valence electrons. The van der Waals surface area contributed by atoms with Gasteiger partial charge in [-0.15, -0.1) is 11.3 Å². The fourth-order valence-corrected chi connectivity index (χ4v) is 3.55. The average Bonchev–Trinajstić information content (AvgIpc) is 2.87. The van der Waals surface area contributed by atoms with Gasteiger partial charge in [-0.1, -0.05) is 0 Å². The maximum atomic E-state index is 5.89. The first-order valence-electron chi connectivity index (χ1n) is 5.84. The molecular weight excluding hydrogens is 206 g/mol. The van der Waals surface area contributed by atoms with Gasteiger partial charge in [-0.3, -0.25) is 0 Å². The third kappa shape index (κ3) is 1.96. The molecule has 3 rings (SSSR count). The number of fused-ring (bicyclic) bond motifs is 1. The van der Waals surface area contributed by atoms with Crippen molar-refractivity contribution < 1.29 is 4.74 Å². The van der Waals surface area contributed by atoms with Crippen LogP contribution >= 0.6 is 11.3 Å². The molecule has 0 amide bonds. The Labute approximate surface area is 94.9 Å².